The fourth-order valence-electron chi connectivity index (χ4n) is 2.49. The summed E-state index contributed by atoms with van der Waals surface area (Å²) in [6.45, 7) is 0.962. The third kappa shape index (κ3) is 2.81. The van der Waals surface area contributed by atoms with Crippen molar-refractivity contribution in [3.8, 4) is 16.9 Å². The van der Waals surface area contributed by atoms with E-state index in [0.717, 1.165) is 0 Å². The second kappa shape index (κ2) is 6.67. The largest absolute Gasteiger partial charge is 0.465 e. The summed E-state index contributed by atoms with van der Waals surface area (Å²) in [4.78, 5) is 24.8. The van der Waals surface area contributed by atoms with Gasteiger partial charge in [-0.15, -0.1) is 0 Å². The van der Waals surface area contributed by atoms with Crippen LogP contribution in [0.5, 0.6) is 0 Å². The van der Waals surface area contributed by atoms with Gasteiger partial charge in [0.05, 0.1) is 25.0 Å². The fourth-order valence-corrected chi connectivity index (χ4v) is 2.49. The van der Waals surface area contributed by atoms with E-state index in [2.05, 4.69) is 5.10 Å². The van der Waals surface area contributed by atoms with Gasteiger partial charge in [0.25, 0.3) is 5.56 Å². The molecule has 1 aromatic carbocycles. The Balaban J connectivity index is 2.21. The number of ether oxygens (including phenoxy) is 2. The summed E-state index contributed by atoms with van der Waals surface area (Å²) in [5.41, 5.74) is 1.28. The molecule has 0 N–H and O–H groups in total. The number of pyridine rings is 1. The molecule has 0 bridgehead atoms. The molecule has 0 spiro atoms. The van der Waals surface area contributed by atoms with Gasteiger partial charge in [0, 0.05) is 26.0 Å². The van der Waals surface area contributed by atoms with Crippen LogP contribution in [0.15, 0.2) is 47.5 Å². The Morgan fingerprint density at radius 1 is 1.17 bits per heavy atom. The minimum Gasteiger partial charge on any atom is -0.465 e. The SMILES string of the molecule is COCCn1cc(C(=O)OC)c2nn(-c3ccccc3)c(=O)c-2c1. The maximum Gasteiger partial charge on any atom is 0.341 e. The molecule has 2 aliphatic heterocycles. The lowest BCUT2D eigenvalue weighted by Crippen LogP contribution is -2.16. The normalized spacial score (nSPS) is 10.9. The van der Waals surface area contributed by atoms with Crippen LogP contribution in [0, 0.1) is 0 Å². The van der Waals surface area contributed by atoms with Gasteiger partial charge < -0.3 is 14.0 Å². The van der Waals surface area contributed by atoms with Gasteiger partial charge in [-0.05, 0) is 12.1 Å². The fraction of sp³-hybridized carbons (Fsp3) is 0.235. The van der Waals surface area contributed by atoms with Crippen molar-refractivity contribution in [2.75, 3.05) is 20.8 Å². The minimum atomic E-state index is -0.538. The highest BCUT2D eigenvalue weighted by atomic mass is 16.5. The van der Waals surface area contributed by atoms with Crippen LogP contribution in [0.25, 0.3) is 16.9 Å². The molecule has 0 saturated carbocycles. The number of fused-ring (bicyclic) bond motifs is 1. The molecule has 0 fully saturated rings. The van der Waals surface area contributed by atoms with Crippen molar-refractivity contribution in [1.29, 1.82) is 0 Å². The van der Waals surface area contributed by atoms with Crippen molar-refractivity contribution in [3.63, 3.8) is 0 Å². The first kappa shape index (κ1) is 15.9. The molecule has 0 unspecified atom stereocenters. The summed E-state index contributed by atoms with van der Waals surface area (Å²) in [7, 11) is 2.89. The minimum absolute atomic E-state index is 0.248. The monoisotopic (exact) mass is 327 g/mol. The third-order valence-electron chi connectivity index (χ3n) is 3.68. The highest BCUT2D eigenvalue weighted by molar-refractivity contribution is 5.96. The van der Waals surface area contributed by atoms with Gasteiger partial charge in [-0.25, -0.2) is 4.79 Å². The average molecular weight is 327 g/mol. The molecule has 0 aliphatic carbocycles. The molecule has 24 heavy (non-hydrogen) atoms. The van der Waals surface area contributed by atoms with Crippen LogP contribution in [0.3, 0.4) is 0 Å². The Bertz CT molecular complexity index is 883. The summed E-state index contributed by atoms with van der Waals surface area (Å²) in [6, 6.07) is 9.06. The van der Waals surface area contributed by atoms with Crippen LogP contribution in [-0.4, -0.2) is 41.1 Å². The van der Waals surface area contributed by atoms with E-state index >= 15 is 0 Å². The van der Waals surface area contributed by atoms with Crippen molar-refractivity contribution < 1.29 is 14.3 Å². The van der Waals surface area contributed by atoms with Crippen LogP contribution in [0.4, 0.5) is 0 Å². The first-order valence-corrected chi connectivity index (χ1v) is 7.41. The lowest BCUT2D eigenvalue weighted by Gasteiger charge is -2.10. The van der Waals surface area contributed by atoms with E-state index in [1.165, 1.54) is 11.8 Å². The summed E-state index contributed by atoms with van der Waals surface area (Å²) in [5.74, 6) is -0.538. The lowest BCUT2D eigenvalue weighted by atomic mass is 10.1. The van der Waals surface area contributed by atoms with E-state index in [4.69, 9.17) is 9.47 Å². The molecular formula is C17H17N3O4. The van der Waals surface area contributed by atoms with Gasteiger partial charge in [0.2, 0.25) is 0 Å². The molecule has 0 aromatic heterocycles. The maximum atomic E-state index is 12.7. The number of rotatable bonds is 5. The van der Waals surface area contributed by atoms with E-state index in [0.29, 0.717) is 30.1 Å². The number of methoxy groups -OCH3 is 2. The highest BCUT2D eigenvalue weighted by Gasteiger charge is 2.24. The Morgan fingerprint density at radius 3 is 2.58 bits per heavy atom. The van der Waals surface area contributed by atoms with E-state index in [9.17, 15) is 9.59 Å². The number of nitrogens with zero attached hydrogens (tertiary/aromatic N) is 3. The number of hydrogen-bond donors (Lipinski definition) is 0. The quantitative estimate of drug-likeness (QED) is 0.665. The van der Waals surface area contributed by atoms with Crippen molar-refractivity contribution in [1.82, 2.24) is 14.3 Å². The van der Waals surface area contributed by atoms with E-state index in [1.54, 1.807) is 36.2 Å². The van der Waals surface area contributed by atoms with E-state index in [-0.39, 0.29) is 11.1 Å². The third-order valence-corrected chi connectivity index (χ3v) is 3.68. The van der Waals surface area contributed by atoms with E-state index in [1.807, 2.05) is 18.2 Å². The van der Waals surface area contributed by atoms with Crippen LogP contribution >= 0.6 is 0 Å². The number of carbonyl (C=O) groups excluding carboxylic acids is 1. The summed E-state index contributed by atoms with van der Waals surface area (Å²) in [5, 5.41) is 4.33. The molecule has 7 heteroatoms. The van der Waals surface area contributed by atoms with Gasteiger partial charge in [0.15, 0.2) is 0 Å². The van der Waals surface area contributed by atoms with Gasteiger partial charge >= 0.3 is 5.97 Å². The zero-order valence-electron chi connectivity index (χ0n) is 13.4. The number of esters is 1. The standard InChI is InChI=1S/C17H17N3O4/c1-23-9-8-19-10-13-15(14(11-19)17(22)24-2)18-20(16(13)21)12-6-4-3-5-7-12/h3-7,10-11H,8-9H2,1-2H3. The maximum absolute atomic E-state index is 12.7. The van der Waals surface area contributed by atoms with Crippen molar-refractivity contribution in [2.24, 2.45) is 0 Å². The molecular weight excluding hydrogens is 310 g/mol. The number of hydrogen-bond acceptors (Lipinski definition) is 5. The second-order valence-corrected chi connectivity index (χ2v) is 5.21. The predicted molar refractivity (Wildman–Crippen MR) is 87.7 cm³/mol. The number of carbonyl (C=O) groups is 1. The summed E-state index contributed by atoms with van der Waals surface area (Å²) >= 11 is 0. The highest BCUT2D eigenvalue weighted by Crippen LogP contribution is 2.22. The van der Waals surface area contributed by atoms with Crippen LogP contribution in [0.2, 0.25) is 0 Å². The Hall–Kier alpha value is -2.93. The van der Waals surface area contributed by atoms with Gasteiger partial charge in [0.1, 0.15) is 11.3 Å². The topological polar surface area (TPSA) is 75.3 Å². The molecule has 124 valence electrons. The van der Waals surface area contributed by atoms with E-state index < -0.39 is 5.97 Å². The smallest absolute Gasteiger partial charge is 0.341 e. The molecule has 0 atom stereocenters. The molecule has 2 aliphatic rings. The van der Waals surface area contributed by atoms with Gasteiger partial charge in [-0.3, -0.25) is 4.79 Å². The molecule has 1 aromatic rings. The van der Waals surface area contributed by atoms with Crippen LogP contribution < -0.4 is 5.56 Å². The molecule has 0 radical (unpaired) electrons. The van der Waals surface area contributed by atoms with Crippen molar-refractivity contribution in [2.45, 2.75) is 6.54 Å². The number of aromatic nitrogens is 3. The number of benzene rings is 1. The lowest BCUT2D eigenvalue weighted by molar-refractivity contribution is 0.0600. The average Bonchev–Trinajstić information content (AvgIpc) is 2.96. The first-order chi connectivity index (χ1) is 11.7. The Morgan fingerprint density at radius 2 is 1.92 bits per heavy atom. The second-order valence-electron chi connectivity index (χ2n) is 5.21. The van der Waals surface area contributed by atoms with Crippen LogP contribution in [-0.2, 0) is 16.0 Å². The van der Waals surface area contributed by atoms with Crippen molar-refractivity contribution >= 4 is 5.97 Å². The molecule has 3 rings (SSSR count). The van der Waals surface area contributed by atoms with Crippen LogP contribution in [0.1, 0.15) is 10.4 Å². The Kier molecular flexibility index (Phi) is 4.43. The van der Waals surface area contributed by atoms with Crippen molar-refractivity contribution in [3.05, 3.63) is 58.6 Å². The number of para-hydroxylation sites is 1. The molecule has 0 saturated heterocycles. The summed E-state index contributed by atoms with van der Waals surface area (Å²) in [6.07, 6.45) is 3.30. The molecule has 7 nitrogen and oxygen atoms in total. The predicted octanol–water partition coefficient (Wildman–Crippen LogP) is 1.57. The zero-order chi connectivity index (χ0) is 17.1. The van der Waals surface area contributed by atoms with Gasteiger partial charge in [-0.1, -0.05) is 18.2 Å². The molecule has 2 heterocycles. The Labute approximate surface area is 138 Å². The van der Waals surface area contributed by atoms with Gasteiger partial charge in [-0.2, -0.15) is 9.78 Å². The first-order valence-electron chi connectivity index (χ1n) is 7.41. The summed E-state index contributed by atoms with van der Waals surface area (Å²) < 4.78 is 12.9. The molecule has 0 amide bonds. The zero-order valence-corrected chi connectivity index (χ0v) is 13.4.